The summed E-state index contributed by atoms with van der Waals surface area (Å²) >= 11 is 0. The molecule has 3 heteroatoms. The van der Waals surface area contributed by atoms with Gasteiger partial charge in [-0.2, -0.15) is 0 Å². The Balaban J connectivity index is 2.57. The Kier molecular flexibility index (Phi) is 1.00. The van der Waals surface area contributed by atoms with Gasteiger partial charge in [0.1, 0.15) is 6.61 Å². The summed E-state index contributed by atoms with van der Waals surface area (Å²) < 4.78 is 4.68. The number of nitrogens with one attached hydrogen (secondary N) is 1. The number of rotatable bonds is 0. The first-order valence-electron chi connectivity index (χ1n) is 2.05. The fraction of sp³-hybridized carbons (Fsp3) is 0.500. The maximum absolute atomic E-state index is 9.66. The summed E-state index contributed by atoms with van der Waals surface area (Å²) in [4.78, 5) is 9.66. The summed E-state index contributed by atoms with van der Waals surface area (Å²) in [7, 11) is 0. The standard InChI is InChI=1S/C4H5NO2/c6-3-4-5-1-2-7-4/h5H,1-2H2. The monoisotopic (exact) mass is 99.0 g/mol. The molecule has 3 nitrogen and oxygen atoms in total. The molecule has 0 bridgehead atoms. The molecule has 1 aliphatic rings. The van der Waals surface area contributed by atoms with Crippen LogP contribution < -0.4 is 5.32 Å². The van der Waals surface area contributed by atoms with Crippen LogP contribution in [0.1, 0.15) is 0 Å². The van der Waals surface area contributed by atoms with E-state index in [1.54, 1.807) is 5.94 Å². The third-order valence-electron chi connectivity index (χ3n) is 0.727. The molecule has 0 aliphatic carbocycles. The molecule has 7 heavy (non-hydrogen) atoms. The van der Waals surface area contributed by atoms with E-state index in [9.17, 15) is 4.79 Å². The Morgan fingerprint density at radius 2 is 2.71 bits per heavy atom. The first kappa shape index (κ1) is 4.22. The molecule has 0 radical (unpaired) electrons. The van der Waals surface area contributed by atoms with Gasteiger partial charge in [0.25, 0.3) is 5.88 Å². The van der Waals surface area contributed by atoms with Gasteiger partial charge in [-0.15, -0.1) is 0 Å². The van der Waals surface area contributed by atoms with Crippen molar-refractivity contribution < 1.29 is 9.53 Å². The van der Waals surface area contributed by atoms with Crippen molar-refractivity contribution in [2.24, 2.45) is 0 Å². The number of carbonyl (C=O) groups excluding carboxylic acids is 1. The Hall–Kier alpha value is -0.950. The van der Waals surface area contributed by atoms with E-state index < -0.39 is 0 Å². The van der Waals surface area contributed by atoms with E-state index in [1.165, 1.54) is 0 Å². The lowest BCUT2D eigenvalue weighted by Gasteiger charge is -1.85. The SMILES string of the molecule is O=C=C1NCCO1. The van der Waals surface area contributed by atoms with E-state index in [0.717, 1.165) is 6.54 Å². The molecule has 0 aromatic rings. The van der Waals surface area contributed by atoms with E-state index in [0.29, 0.717) is 6.61 Å². The van der Waals surface area contributed by atoms with Gasteiger partial charge in [-0.25, -0.2) is 4.79 Å². The molecule has 1 saturated heterocycles. The second-order valence-corrected chi connectivity index (χ2v) is 1.21. The molecule has 0 amide bonds. The first-order chi connectivity index (χ1) is 3.43. The minimum absolute atomic E-state index is 0.236. The predicted molar refractivity (Wildman–Crippen MR) is 23.2 cm³/mol. The molecule has 0 saturated carbocycles. The van der Waals surface area contributed by atoms with Crippen LogP contribution in [0.15, 0.2) is 5.88 Å². The van der Waals surface area contributed by atoms with E-state index in [1.807, 2.05) is 0 Å². The zero-order valence-corrected chi connectivity index (χ0v) is 3.73. The van der Waals surface area contributed by atoms with Gasteiger partial charge in [-0.1, -0.05) is 0 Å². The number of hydrogen-bond donors (Lipinski definition) is 1. The van der Waals surface area contributed by atoms with Crippen LogP contribution in [0.3, 0.4) is 0 Å². The lowest BCUT2D eigenvalue weighted by Crippen LogP contribution is -2.04. The van der Waals surface area contributed by atoms with Crippen LogP contribution in [-0.4, -0.2) is 19.1 Å². The third-order valence-corrected chi connectivity index (χ3v) is 0.727. The second-order valence-electron chi connectivity index (χ2n) is 1.21. The van der Waals surface area contributed by atoms with Gasteiger partial charge in [0.05, 0.1) is 6.54 Å². The zero-order valence-electron chi connectivity index (χ0n) is 3.73. The van der Waals surface area contributed by atoms with Gasteiger partial charge < -0.3 is 10.1 Å². The molecule has 1 N–H and O–H groups in total. The quantitative estimate of drug-likeness (QED) is 0.407. The highest BCUT2D eigenvalue weighted by molar-refractivity contribution is 5.48. The van der Waals surface area contributed by atoms with E-state index >= 15 is 0 Å². The topological polar surface area (TPSA) is 38.3 Å². The average molecular weight is 99.1 g/mol. The van der Waals surface area contributed by atoms with Crippen molar-refractivity contribution in [1.82, 2.24) is 5.32 Å². The van der Waals surface area contributed by atoms with Gasteiger partial charge >= 0.3 is 0 Å². The fourth-order valence-electron chi connectivity index (χ4n) is 0.434. The van der Waals surface area contributed by atoms with Crippen molar-refractivity contribution in [3.8, 4) is 0 Å². The van der Waals surface area contributed by atoms with Gasteiger partial charge in [-0.05, 0) is 0 Å². The van der Waals surface area contributed by atoms with Crippen LogP contribution in [-0.2, 0) is 9.53 Å². The maximum Gasteiger partial charge on any atom is 0.275 e. The van der Waals surface area contributed by atoms with Crippen molar-refractivity contribution in [3.05, 3.63) is 5.88 Å². The largest absolute Gasteiger partial charge is 0.469 e. The number of hydrogen-bond acceptors (Lipinski definition) is 3. The van der Waals surface area contributed by atoms with Crippen LogP contribution in [0.2, 0.25) is 0 Å². The van der Waals surface area contributed by atoms with E-state index in [4.69, 9.17) is 0 Å². The van der Waals surface area contributed by atoms with Crippen molar-refractivity contribution in [1.29, 1.82) is 0 Å². The lowest BCUT2D eigenvalue weighted by atomic mass is 10.7. The Labute approximate surface area is 41.0 Å². The van der Waals surface area contributed by atoms with Crippen molar-refractivity contribution in [2.45, 2.75) is 0 Å². The fourth-order valence-corrected chi connectivity index (χ4v) is 0.434. The molecular formula is C4H5NO2. The summed E-state index contributed by atoms with van der Waals surface area (Å²) in [6.07, 6.45) is 0. The van der Waals surface area contributed by atoms with Crippen LogP contribution in [0.4, 0.5) is 0 Å². The zero-order chi connectivity index (χ0) is 5.11. The maximum atomic E-state index is 9.66. The highest BCUT2D eigenvalue weighted by atomic mass is 16.5. The van der Waals surface area contributed by atoms with Crippen LogP contribution in [0.5, 0.6) is 0 Å². The first-order valence-corrected chi connectivity index (χ1v) is 2.05. The van der Waals surface area contributed by atoms with Gasteiger partial charge in [-0.3, -0.25) is 0 Å². The molecule has 0 spiro atoms. The third kappa shape index (κ3) is 0.725. The second kappa shape index (κ2) is 1.67. The molecular weight excluding hydrogens is 94.0 g/mol. The number of ether oxygens (including phenoxy) is 1. The van der Waals surface area contributed by atoms with Crippen molar-refractivity contribution >= 4 is 5.94 Å². The summed E-state index contributed by atoms with van der Waals surface area (Å²) in [6, 6.07) is 0. The van der Waals surface area contributed by atoms with E-state index in [2.05, 4.69) is 10.1 Å². The molecule has 38 valence electrons. The minimum atomic E-state index is 0.236. The van der Waals surface area contributed by atoms with Crippen LogP contribution in [0, 0.1) is 0 Å². The Morgan fingerprint density at radius 1 is 1.86 bits per heavy atom. The van der Waals surface area contributed by atoms with E-state index in [-0.39, 0.29) is 5.88 Å². The molecule has 1 aliphatic heterocycles. The highest BCUT2D eigenvalue weighted by Gasteiger charge is 2.03. The predicted octanol–water partition coefficient (Wildman–Crippen LogP) is -0.721. The highest BCUT2D eigenvalue weighted by Crippen LogP contribution is 1.91. The summed E-state index contributed by atoms with van der Waals surface area (Å²) in [5.41, 5.74) is 0. The molecule has 1 rings (SSSR count). The smallest absolute Gasteiger partial charge is 0.275 e. The Bertz CT molecular complexity index is 107. The summed E-state index contributed by atoms with van der Waals surface area (Å²) in [5, 5.41) is 2.68. The Morgan fingerprint density at radius 3 is 3.00 bits per heavy atom. The van der Waals surface area contributed by atoms with Crippen molar-refractivity contribution in [2.75, 3.05) is 13.2 Å². The molecule has 1 fully saturated rings. The summed E-state index contributed by atoms with van der Waals surface area (Å²) in [5.74, 6) is 1.83. The van der Waals surface area contributed by atoms with Gasteiger partial charge in [0, 0.05) is 0 Å². The molecule has 0 aromatic heterocycles. The normalized spacial score (nSPS) is 17.4. The van der Waals surface area contributed by atoms with Crippen LogP contribution in [0.25, 0.3) is 0 Å². The van der Waals surface area contributed by atoms with Gasteiger partial charge in [0.15, 0.2) is 5.94 Å². The van der Waals surface area contributed by atoms with Crippen LogP contribution >= 0.6 is 0 Å². The molecule has 1 heterocycles. The van der Waals surface area contributed by atoms with Gasteiger partial charge in [0.2, 0.25) is 0 Å². The van der Waals surface area contributed by atoms with Crippen molar-refractivity contribution in [3.63, 3.8) is 0 Å². The molecule has 0 aromatic carbocycles. The lowest BCUT2D eigenvalue weighted by molar-refractivity contribution is 0.268. The minimum Gasteiger partial charge on any atom is -0.469 e. The molecule has 0 atom stereocenters. The summed E-state index contributed by atoms with van der Waals surface area (Å²) in [6.45, 7) is 1.31. The molecule has 0 unspecified atom stereocenters. The average Bonchev–Trinajstić information content (AvgIpc) is 2.14.